The third-order valence-corrected chi connectivity index (χ3v) is 4.87. The fourth-order valence-corrected chi connectivity index (χ4v) is 3.56. The number of H-pyrrole nitrogens is 1. The maximum atomic E-state index is 12.7. The molecule has 1 N–H and O–H groups in total. The molecule has 2 heterocycles. The molecule has 5 nitrogen and oxygen atoms in total. The van der Waals surface area contributed by atoms with Crippen LogP contribution in [0.15, 0.2) is 48.6 Å². The predicted octanol–water partition coefficient (Wildman–Crippen LogP) is 3.83. The van der Waals surface area contributed by atoms with Crippen LogP contribution in [-0.4, -0.2) is 27.5 Å². The summed E-state index contributed by atoms with van der Waals surface area (Å²) in [5.41, 5.74) is 6.27. The van der Waals surface area contributed by atoms with Crippen LogP contribution in [0.5, 0.6) is 0 Å². The van der Waals surface area contributed by atoms with Gasteiger partial charge in [-0.25, -0.2) is 0 Å². The van der Waals surface area contributed by atoms with E-state index in [1.807, 2.05) is 30.3 Å². The van der Waals surface area contributed by atoms with E-state index in [0.717, 1.165) is 39.7 Å². The largest absolute Gasteiger partial charge is 0.329 e. The zero-order valence-corrected chi connectivity index (χ0v) is 14.5. The molecule has 128 valence electrons. The quantitative estimate of drug-likeness (QED) is 0.732. The Bertz CT molecular complexity index is 1090. The Morgan fingerprint density at radius 1 is 1.35 bits per heavy atom. The van der Waals surface area contributed by atoms with Crippen molar-refractivity contribution in [2.45, 2.75) is 19.9 Å². The van der Waals surface area contributed by atoms with Gasteiger partial charge in [0.25, 0.3) is 5.91 Å². The van der Waals surface area contributed by atoms with E-state index < -0.39 is 0 Å². The molecular formula is C21H18N4O. The third-order valence-electron chi connectivity index (χ3n) is 4.87. The van der Waals surface area contributed by atoms with E-state index in [1.54, 1.807) is 4.90 Å². The molecular weight excluding hydrogens is 324 g/mol. The van der Waals surface area contributed by atoms with Crippen LogP contribution in [0.2, 0.25) is 0 Å². The van der Waals surface area contributed by atoms with E-state index in [2.05, 4.69) is 35.8 Å². The summed E-state index contributed by atoms with van der Waals surface area (Å²) in [6, 6.07) is 14.0. The molecule has 1 aliphatic heterocycles. The van der Waals surface area contributed by atoms with Crippen molar-refractivity contribution in [1.29, 1.82) is 5.26 Å². The lowest BCUT2D eigenvalue weighted by atomic mass is 9.95. The van der Waals surface area contributed by atoms with Crippen LogP contribution < -0.4 is 0 Å². The van der Waals surface area contributed by atoms with E-state index in [-0.39, 0.29) is 12.5 Å². The monoisotopic (exact) mass is 342 g/mol. The number of fused-ring (bicyclic) bond motifs is 2. The molecule has 4 rings (SSSR count). The summed E-state index contributed by atoms with van der Waals surface area (Å²) in [7, 11) is 0. The number of amides is 1. The highest BCUT2D eigenvalue weighted by molar-refractivity contribution is 6.01. The number of benzene rings is 2. The van der Waals surface area contributed by atoms with Gasteiger partial charge >= 0.3 is 0 Å². The topological polar surface area (TPSA) is 72.8 Å². The Morgan fingerprint density at radius 3 is 2.92 bits per heavy atom. The van der Waals surface area contributed by atoms with Crippen LogP contribution >= 0.6 is 0 Å². The Hall–Kier alpha value is -3.39. The summed E-state index contributed by atoms with van der Waals surface area (Å²) in [6.07, 6.45) is 0.860. The average molecular weight is 342 g/mol. The van der Waals surface area contributed by atoms with Crippen molar-refractivity contribution in [1.82, 2.24) is 15.1 Å². The van der Waals surface area contributed by atoms with Crippen molar-refractivity contribution in [3.63, 3.8) is 0 Å². The van der Waals surface area contributed by atoms with Crippen LogP contribution in [0.1, 0.15) is 28.5 Å². The van der Waals surface area contributed by atoms with Gasteiger partial charge in [-0.05, 0) is 41.3 Å². The number of aromatic nitrogens is 2. The number of hydrogen-bond donors (Lipinski definition) is 1. The molecule has 0 saturated carbocycles. The lowest BCUT2D eigenvalue weighted by Gasteiger charge is -2.14. The van der Waals surface area contributed by atoms with E-state index >= 15 is 0 Å². The summed E-state index contributed by atoms with van der Waals surface area (Å²) in [5, 5.41) is 17.5. The van der Waals surface area contributed by atoms with Crippen LogP contribution in [0, 0.1) is 11.3 Å². The summed E-state index contributed by atoms with van der Waals surface area (Å²) in [5.74, 6) is -0.0445. The first-order chi connectivity index (χ1) is 12.6. The molecule has 1 amide bonds. The molecule has 0 aliphatic carbocycles. The molecule has 26 heavy (non-hydrogen) atoms. The minimum atomic E-state index is -0.0445. The molecule has 1 aromatic heterocycles. The summed E-state index contributed by atoms with van der Waals surface area (Å²) < 4.78 is 0. The first kappa shape index (κ1) is 16.1. The lowest BCUT2D eigenvalue weighted by molar-refractivity contribution is 0.0794. The minimum Gasteiger partial charge on any atom is -0.329 e. The third kappa shape index (κ3) is 2.47. The van der Waals surface area contributed by atoms with Crippen molar-refractivity contribution in [2.75, 3.05) is 6.54 Å². The van der Waals surface area contributed by atoms with E-state index in [0.29, 0.717) is 17.7 Å². The number of aryl methyl sites for hydroxylation is 1. The van der Waals surface area contributed by atoms with Gasteiger partial charge < -0.3 is 4.90 Å². The zero-order chi connectivity index (χ0) is 18.3. The highest BCUT2D eigenvalue weighted by Gasteiger charge is 2.29. The van der Waals surface area contributed by atoms with Crippen molar-refractivity contribution < 1.29 is 4.79 Å². The number of hydrogen-bond acceptors (Lipinski definition) is 3. The fraction of sp³-hybridized carbons (Fsp3) is 0.190. The molecule has 0 spiro atoms. The van der Waals surface area contributed by atoms with Gasteiger partial charge in [0.05, 0.1) is 23.8 Å². The summed E-state index contributed by atoms with van der Waals surface area (Å²) >= 11 is 0. The Morgan fingerprint density at radius 2 is 2.15 bits per heavy atom. The highest BCUT2D eigenvalue weighted by atomic mass is 16.2. The number of aromatic amines is 1. The standard InChI is InChI=1S/C21H18N4O/c1-3-19-17-9-14(7-8-20(17)24-23-19)15-5-4-6-16-18(15)12-25(21(16)26)11-13(2)10-22/h4-9H,2-3,11-12H2,1H3,(H,23,24). The summed E-state index contributed by atoms with van der Waals surface area (Å²) in [6.45, 7) is 6.54. The number of rotatable bonds is 4. The number of carbonyl (C=O) groups excluding carboxylic acids is 1. The molecule has 0 atom stereocenters. The number of nitrogens with zero attached hydrogens (tertiary/aromatic N) is 3. The van der Waals surface area contributed by atoms with E-state index in [4.69, 9.17) is 5.26 Å². The lowest BCUT2D eigenvalue weighted by Crippen LogP contribution is -2.25. The highest BCUT2D eigenvalue weighted by Crippen LogP contribution is 2.34. The van der Waals surface area contributed by atoms with Gasteiger partial charge in [0.1, 0.15) is 0 Å². The minimum absolute atomic E-state index is 0.0445. The number of nitriles is 1. The van der Waals surface area contributed by atoms with E-state index in [1.165, 1.54) is 0 Å². The van der Waals surface area contributed by atoms with Crippen LogP contribution in [-0.2, 0) is 13.0 Å². The average Bonchev–Trinajstić information content (AvgIpc) is 3.22. The number of carbonyl (C=O) groups is 1. The van der Waals surface area contributed by atoms with Crippen molar-refractivity contribution in [3.05, 3.63) is 65.4 Å². The Labute approximate surface area is 151 Å². The van der Waals surface area contributed by atoms with E-state index in [9.17, 15) is 4.79 Å². The Balaban J connectivity index is 1.78. The summed E-state index contributed by atoms with van der Waals surface area (Å²) in [4.78, 5) is 14.3. The number of nitrogens with one attached hydrogen (secondary N) is 1. The molecule has 5 heteroatoms. The second-order valence-corrected chi connectivity index (χ2v) is 6.49. The molecule has 1 aliphatic rings. The second-order valence-electron chi connectivity index (χ2n) is 6.49. The molecule has 0 bridgehead atoms. The second kappa shape index (κ2) is 6.16. The van der Waals surface area contributed by atoms with Crippen molar-refractivity contribution in [3.8, 4) is 17.2 Å². The zero-order valence-electron chi connectivity index (χ0n) is 14.5. The molecule has 0 saturated heterocycles. The van der Waals surface area contributed by atoms with Gasteiger partial charge in [-0.3, -0.25) is 9.89 Å². The molecule has 0 fully saturated rings. The maximum Gasteiger partial charge on any atom is 0.254 e. The normalized spacial score (nSPS) is 13.1. The first-order valence-corrected chi connectivity index (χ1v) is 8.58. The molecule has 0 radical (unpaired) electrons. The molecule has 3 aromatic rings. The van der Waals surface area contributed by atoms with Gasteiger partial charge in [0.15, 0.2) is 0 Å². The predicted molar refractivity (Wildman–Crippen MR) is 100 cm³/mol. The van der Waals surface area contributed by atoms with Gasteiger partial charge in [-0.15, -0.1) is 0 Å². The van der Waals surface area contributed by atoms with Crippen LogP contribution in [0.25, 0.3) is 22.0 Å². The van der Waals surface area contributed by atoms with Gasteiger partial charge in [-0.1, -0.05) is 31.7 Å². The molecule has 0 unspecified atom stereocenters. The van der Waals surface area contributed by atoms with Gasteiger partial charge in [-0.2, -0.15) is 10.4 Å². The van der Waals surface area contributed by atoms with Gasteiger partial charge in [0, 0.05) is 23.1 Å². The fourth-order valence-electron chi connectivity index (χ4n) is 3.56. The van der Waals surface area contributed by atoms with Crippen molar-refractivity contribution in [2.24, 2.45) is 0 Å². The molecule has 2 aromatic carbocycles. The van der Waals surface area contributed by atoms with Crippen LogP contribution in [0.3, 0.4) is 0 Å². The van der Waals surface area contributed by atoms with Crippen LogP contribution in [0.4, 0.5) is 0 Å². The van der Waals surface area contributed by atoms with Gasteiger partial charge in [0.2, 0.25) is 0 Å². The first-order valence-electron chi connectivity index (χ1n) is 8.58. The Kier molecular flexibility index (Phi) is 3.81. The van der Waals surface area contributed by atoms with Crippen molar-refractivity contribution >= 4 is 16.8 Å². The SMILES string of the molecule is C=C(C#N)CN1Cc2c(cccc2-c2ccc3[nH]nc(CC)c3c2)C1=O. The maximum absolute atomic E-state index is 12.7. The smallest absolute Gasteiger partial charge is 0.254 e.